The van der Waals surface area contributed by atoms with Gasteiger partial charge in [-0.2, -0.15) is 0 Å². The summed E-state index contributed by atoms with van der Waals surface area (Å²) >= 11 is 0. The van der Waals surface area contributed by atoms with Gasteiger partial charge in [0.15, 0.2) is 0 Å². The molecule has 1 unspecified atom stereocenters. The van der Waals surface area contributed by atoms with Crippen molar-refractivity contribution in [2.24, 2.45) is 0 Å². The predicted octanol–water partition coefficient (Wildman–Crippen LogP) is 2.18. The highest BCUT2D eigenvalue weighted by atomic mass is 15.2. The molecule has 3 heteroatoms. The van der Waals surface area contributed by atoms with Crippen LogP contribution in [0.2, 0.25) is 0 Å². The number of hydrogen-bond donors (Lipinski definition) is 0. The van der Waals surface area contributed by atoms with Gasteiger partial charge in [0.05, 0.1) is 0 Å². The molecule has 2 saturated heterocycles. The minimum atomic E-state index is 0.827. The lowest BCUT2D eigenvalue weighted by Crippen LogP contribution is -2.44. The quantitative estimate of drug-likeness (QED) is 0.829. The normalized spacial score (nSPS) is 25.8. The first kappa shape index (κ1) is 13.1. The summed E-state index contributed by atoms with van der Waals surface area (Å²) in [6.45, 7) is 6.41. The standard InChI is InChI=1S/C16H25N3/c1-2-11-19-12-3-10-18(14-16(19)4-1)13-7-15-5-8-17-9-6-15/h5-6,8-9,16H,1-4,7,10-14H2. The fourth-order valence-corrected chi connectivity index (χ4v) is 3.49. The zero-order valence-electron chi connectivity index (χ0n) is 11.8. The van der Waals surface area contributed by atoms with E-state index in [1.54, 1.807) is 0 Å². The molecule has 0 aromatic carbocycles. The number of rotatable bonds is 3. The molecular weight excluding hydrogens is 234 g/mol. The Balaban J connectivity index is 1.53. The average Bonchev–Trinajstić information content (AvgIpc) is 2.68. The van der Waals surface area contributed by atoms with Gasteiger partial charge in [0.2, 0.25) is 0 Å². The third kappa shape index (κ3) is 3.54. The molecule has 0 N–H and O–H groups in total. The van der Waals surface area contributed by atoms with Crippen LogP contribution < -0.4 is 0 Å². The van der Waals surface area contributed by atoms with Crippen molar-refractivity contribution in [3.05, 3.63) is 30.1 Å². The van der Waals surface area contributed by atoms with Gasteiger partial charge in [-0.05, 0) is 63.0 Å². The first-order valence-corrected chi connectivity index (χ1v) is 7.77. The van der Waals surface area contributed by atoms with Crippen molar-refractivity contribution in [1.82, 2.24) is 14.8 Å². The minimum absolute atomic E-state index is 0.827. The molecule has 2 aliphatic heterocycles. The minimum Gasteiger partial charge on any atom is -0.301 e. The largest absolute Gasteiger partial charge is 0.301 e. The van der Waals surface area contributed by atoms with Crippen molar-refractivity contribution in [3.63, 3.8) is 0 Å². The first-order chi connectivity index (χ1) is 9.42. The molecule has 2 fully saturated rings. The number of nitrogens with zero attached hydrogens (tertiary/aromatic N) is 3. The molecule has 2 aliphatic rings. The third-order valence-electron chi connectivity index (χ3n) is 4.60. The van der Waals surface area contributed by atoms with Gasteiger partial charge in [-0.1, -0.05) is 6.42 Å². The van der Waals surface area contributed by atoms with Gasteiger partial charge in [-0.15, -0.1) is 0 Å². The van der Waals surface area contributed by atoms with Crippen LogP contribution in [0, 0.1) is 0 Å². The number of aromatic nitrogens is 1. The van der Waals surface area contributed by atoms with E-state index in [4.69, 9.17) is 0 Å². The second kappa shape index (κ2) is 6.49. The van der Waals surface area contributed by atoms with Gasteiger partial charge in [0, 0.05) is 31.5 Å². The second-order valence-corrected chi connectivity index (χ2v) is 5.95. The molecule has 0 bridgehead atoms. The molecule has 1 aromatic heterocycles. The van der Waals surface area contributed by atoms with E-state index in [2.05, 4.69) is 26.9 Å². The van der Waals surface area contributed by atoms with Crippen LogP contribution in [-0.4, -0.2) is 53.5 Å². The van der Waals surface area contributed by atoms with E-state index >= 15 is 0 Å². The Kier molecular flexibility index (Phi) is 4.46. The molecule has 0 aliphatic carbocycles. The zero-order valence-corrected chi connectivity index (χ0v) is 11.8. The topological polar surface area (TPSA) is 19.4 Å². The average molecular weight is 259 g/mol. The lowest BCUT2D eigenvalue weighted by atomic mass is 10.0. The van der Waals surface area contributed by atoms with Crippen molar-refractivity contribution >= 4 is 0 Å². The van der Waals surface area contributed by atoms with Crippen LogP contribution in [0.1, 0.15) is 31.2 Å². The SMILES string of the molecule is c1cc(CCN2CCCN3CCCCC3C2)ccn1. The summed E-state index contributed by atoms with van der Waals surface area (Å²) < 4.78 is 0. The molecule has 0 spiro atoms. The van der Waals surface area contributed by atoms with Crippen molar-refractivity contribution in [3.8, 4) is 0 Å². The number of fused-ring (bicyclic) bond motifs is 1. The third-order valence-corrected chi connectivity index (χ3v) is 4.60. The predicted molar refractivity (Wildman–Crippen MR) is 78.2 cm³/mol. The Hall–Kier alpha value is -0.930. The van der Waals surface area contributed by atoms with Crippen molar-refractivity contribution in [2.75, 3.05) is 32.7 Å². The highest BCUT2D eigenvalue weighted by Crippen LogP contribution is 2.21. The number of pyridine rings is 1. The monoisotopic (exact) mass is 259 g/mol. The lowest BCUT2D eigenvalue weighted by molar-refractivity contribution is 0.137. The summed E-state index contributed by atoms with van der Waals surface area (Å²) in [4.78, 5) is 9.50. The van der Waals surface area contributed by atoms with E-state index in [1.807, 2.05) is 12.4 Å². The summed E-state index contributed by atoms with van der Waals surface area (Å²) in [5, 5.41) is 0. The Morgan fingerprint density at radius 3 is 2.79 bits per heavy atom. The van der Waals surface area contributed by atoms with E-state index < -0.39 is 0 Å². The van der Waals surface area contributed by atoms with Gasteiger partial charge >= 0.3 is 0 Å². The zero-order chi connectivity index (χ0) is 12.9. The molecular formula is C16H25N3. The van der Waals surface area contributed by atoms with Gasteiger partial charge in [0.1, 0.15) is 0 Å². The fourth-order valence-electron chi connectivity index (χ4n) is 3.49. The molecule has 0 saturated carbocycles. The summed E-state index contributed by atoms with van der Waals surface area (Å²) in [7, 11) is 0. The van der Waals surface area contributed by atoms with Gasteiger partial charge in [-0.25, -0.2) is 0 Å². The smallest absolute Gasteiger partial charge is 0.0270 e. The molecule has 0 amide bonds. The van der Waals surface area contributed by atoms with Crippen LogP contribution >= 0.6 is 0 Å². The molecule has 0 radical (unpaired) electrons. The number of hydrogen-bond acceptors (Lipinski definition) is 3. The molecule has 3 heterocycles. The summed E-state index contributed by atoms with van der Waals surface area (Å²) in [6.07, 6.45) is 10.6. The summed E-state index contributed by atoms with van der Waals surface area (Å²) in [5.41, 5.74) is 1.42. The maximum atomic E-state index is 4.09. The number of piperidine rings is 1. The van der Waals surface area contributed by atoms with Crippen LogP contribution in [0.5, 0.6) is 0 Å². The van der Waals surface area contributed by atoms with Crippen LogP contribution in [0.15, 0.2) is 24.5 Å². The van der Waals surface area contributed by atoms with Crippen molar-refractivity contribution in [2.45, 2.75) is 38.1 Å². The van der Waals surface area contributed by atoms with Crippen LogP contribution in [0.3, 0.4) is 0 Å². The Bertz CT molecular complexity index is 379. The lowest BCUT2D eigenvalue weighted by Gasteiger charge is -2.35. The Morgan fingerprint density at radius 2 is 1.89 bits per heavy atom. The highest BCUT2D eigenvalue weighted by molar-refractivity contribution is 5.10. The van der Waals surface area contributed by atoms with Crippen molar-refractivity contribution < 1.29 is 0 Å². The maximum Gasteiger partial charge on any atom is 0.0270 e. The second-order valence-electron chi connectivity index (χ2n) is 5.95. The first-order valence-electron chi connectivity index (χ1n) is 7.77. The van der Waals surface area contributed by atoms with E-state index in [0.717, 1.165) is 12.5 Å². The fraction of sp³-hybridized carbons (Fsp3) is 0.688. The van der Waals surface area contributed by atoms with E-state index in [-0.39, 0.29) is 0 Å². The van der Waals surface area contributed by atoms with Crippen molar-refractivity contribution in [1.29, 1.82) is 0 Å². The maximum absolute atomic E-state index is 4.09. The van der Waals surface area contributed by atoms with Crippen LogP contribution in [-0.2, 0) is 6.42 Å². The van der Waals surface area contributed by atoms with E-state index in [9.17, 15) is 0 Å². The van der Waals surface area contributed by atoms with Gasteiger partial charge in [0.25, 0.3) is 0 Å². The molecule has 19 heavy (non-hydrogen) atoms. The molecule has 1 aromatic rings. The molecule has 1 atom stereocenters. The Labute approximate surface area is 116 Å². The van der Waals surface area contributed by atoms with Gasteiger partial charge < -0.3 is 4.90 Å². The summed E-state index contributed by atoms with van der Waals surface area (Å²) in [5.74, 6) is 0. The molecule has 3 rings (SSSR count). The summed E-state index contributed by atoms with van der Waals surface area (Å²) in [6, 6.07) is 5.11. The van der Waals surface area contributed by atoms with E-state index in [1.165, 1.54) is 64.0 Å². The Morgan fingerprint density at radius 1 is 1.05 bits per heavy atom. The van der Waals surface area contributed by atoms with E-state index in [0.29, 0.717) is 0 Å². The molecule has 3 nitrogen and oxygen atoms in total. The highest BCUT2D eigenvalue weighted by Gasteiger charge is 2.26. The van der Waals surface area contributed by atoms with Crippen LogP contribution in [0.25, 0.3) is 0 Å². The van der Waals surface area contributed by atoms with Crippen LogP contribution in [0.4, 0.5) is 0 Å². The van der Waals surface area contributed by atoms with Gasteiger partial charge in [-0.3, -0.25) is 9.88 Å². The molecule has 104 valence electrons.